The van der Waals surface area contributed by atoms with E-state index in [2.05, 4.69) is 9.97 Å². The molecule has 0 amide bonds. The van der Waals surface area contributed by atoms with Crippen molar-refractivity contribution in [1.29, 1.82) is 0 Å². The maximum Gasteiger partial charge on any atom is 0.266 e. The standard InChI is InChI=1S/C16H21ClN2O3S.C11H11Cl2NO3S.C11H15ClN2O3S/c1-16(2,3)15-18-12-8-7-11(17)14(13(12)22-15)23(20,21)19-9-5-4-6-10-19;1-11(2,3)10-14-7-5-4-6(12)9(8(7)17-10)18(13,15)16;12-8-4-5-9(13)10(15)11(8)18(16,17)14-6-2-1-3-7-14/h7-8H,4-6,9-10H2,1-3H3;4-5H,1-3H3;4-5,15H,1-3,6-7,13H2. The predicted molar refractivity (Wildman–Crippen MR) is 231 cm³/mol. The van der Waals surface area contributed by atoms with Gasteiger partial charge in [-0.2, -0.15) is 8.61 Å². The van der Waals surface area contributed by atoms with Crippen LogP contribution in [0.1, 0.15) is 91.8 Å². The molecule has 324 valence electrons. The number of nitrogens with two attached hydrogens (primary N) is 1. The summed E-state index contributed by atoms with van der Waals surface area (Å²) in [6.45, 7) is 13.6. The molecule has 5 aromatic rings. The molecular formula is C38H47Cl4N5O9S3. The molecule has 14 nitrogen and oxygen atoms in total. The van der Waals surface area contributed by atoms with Crippen molar-refractivity contribution in [2.45, 2.75) is 106 Å². The number of nitrogen functional groups attached to an aromatic ring is 1. The molecule has 2 aliphatic heterocycles. The van der Waals surface area contributed by atoms with E-state index in [9.17, 15) is 30.4 Å². The number of aromatic hydroxyl groups is 1. The van der Waals surface area contributed by atoms with Gasteiger partial charge in [-0.25, -0.2) is 35.2 Å². The highest BCUT2D eigenvalue weighted by molar-refractivity contribution is 8.14. The second-order valence-corrected chi connectivity index (χ2v) is 23.6. The van der Waals surface area contributed by atoms with Crippen molar-refractivity contribution in [3.63, 3.8) is 0 Å². The summed E-state index contributed by atoms with van der Waals surface area (Å²) in [5.74, 6) is 0.472. The van der Waals surface area contributed by atoms with Gasteiger partial charge in [-0.1, -0.05) is 89.2 Å². The number of phenols is 1. The second-order valence-electron chi connectivity index (χ2n) is 16.2. The van der Waals surface area contributed by atoms with Gasteiger partial charge < -0.3 is 19.7 Å². The number of phenolic OH excluding ortho intramolecular Hbond substituents is 1. The average Bonchev–Trinajstić information content (AvgIpc) is 3.79. The molecule has 59 heavy (non-hydrogen) atoms. The minimum atomic E-state index is -3.99. The van der Waals surface area contributed by atoms with E-state index < -0.39 is 34.8 Å². The fraction of sp³-hybridized carbons (Fsp3) is 0.474. The number of benzene rings is 3. The Hall–Kier alpha value is -2.87. The van der Waals surface area contributed by atoms with E-state index >= 15 is 0 Å². The first kappa shape index (κ1) is 47.2. The van der Waals surface area contributed by atoms with Crippen LogP contribution in [0.15, 0.2) is 59.9 Å². The third-order valence-electron chi connectivity index (χ3n) is 9.40. The highest BCUT2D eigenvalue weighted by atomic mass is 35.7. The molecular weight excluding hydrogens is 908 g/mol. The quantitative estimate of drug-likeness (QED) is 0.0960. The van der Waals surface area contributed by atoms with Gasteiger partial charge in [-0.15, -0.1) is 0 Å². The van der Waals surface area contributed by atoms with Crippen LogP contribution >= 0.6 is 45.5 Å². The van der Waals surface area contributed by atoms with Gasteiger partial charge in [0.2, 0.25) is 31.8 Å². The van der Waals surface area contributed by atoms with E-state index in [4.69, 9.17) is 60.1 Å². The number of piperidine rings is 2. The number of hydrogen-bond acceptors (Lipinski definition) is 12. The third-order valence-corrected chi connectivity index (χ3v) is 16.0. The monoisotopic (exact) mass is 953 g/mol. The van der Waals surface area contributed by atoms with Crippen molar-refractivity contribution in [1.82, 2.24) is 18.6 Å². The van der Waals surface area contributed by atoms with Crippen LogP contribution in [-0.2, 0) is 39.9 Å². The number of anilines is 1. The first-order chi connectivity index (χ1) is 27.3. The zero-order valence-electron chi connectivity index (χ0n) is 33.4. The number of hydrogen-bond donors (Lipinski definition) is 2. The Morgan fingerprint density at radius 1 is 0.593 bits per heavy atom. The summed E-state index contributed by atoms with van der Waals surface area (Å²) in [5, 5.41) is 10.0. The summed E-state index contributed by atoms with van der Waals surface area (Å²) in [6, 6.07) is 9.08. The summed E-state index contributed by atoms with van der Waals surface area (Å²) >= 11 is 18.0. The molecule has 0 spiro atoms. The fourth-order valence-corrected chi connectivity index (χ4v) is 12.2. The number of halogens is 4. The predicted octanol–water partition coefficient (Wildman–Crippen LogP) is 9.46. The SMILES string of the molecule is CC(C)(C)c1nc2ccc(Cl)c(S(=O)(=O)Cl)c2o1.CC(C)(C)c1nc2ccc(Cl)c(S(=O)(=O)N3CCCCC3)c2o1.Nc1ccc(Cl)c(S(=O)(=O)N2CCCCC2)c1O. The van der Waals surface area contributed by atoms with Crippen molar-refractivity contribution in [2.75, 3.05) is 31.9 Å². The van der Waals surface area contributed by atoms with Gasteiger partial charge in [0.15, 0.2) is 16.9 Å². The lowest BCUT2D eigenvalue weighted by atomic mass is 9.97. The lowest BCUT2D eigenvalue weighted by Gasteiger charge is -2.26. The smallest absolute Gasteiger partial charge is 0.266 e. The molecule has 0 saturated carbocycles. The van der Waals surface area contributed by atoms with Gasteiger partial charge in [0.05, 0.1) is 20.8 Å². The van der Waals surface area contributed by atoms with Crippen LogP contribution < -0.4 is 5.73 Å². The molecule has 0 unspecified atom stereocenters. The topological polar surface area (TPSA) is 207 Å². The molecule has 0 bridgehead atoms. The third kappa shape index (κ3) is 10.4. The normalized spacial score (nSPS) is 16.4. The largest absolute Gasteiger partial charge is 0.504 e. The van der Waals surface area contributed by atoms with Crippen molar-refractivity contribution in [3.8, 4) is 5.75 Å². The van der Waals surface area contributed by atoms with Gasteiger partial charge >= 0.3 is 0 Å². The lowest BCUT2D eigenvalue weighted by molar-refractivity contribution is 0.344. The minimum absolute atomic E-state index is 0.00715. The van der Waals surface area contributed by atoms with Crippen molar-refractivity contribution < 1.29 is 39.2 Å². The lowest BCUT2D eigenvalue weighted by Crippen LogP contribution is -2.35. The number of aromatic nitrogens is 2. The van der Waals surface area contributed by atoms with Gasteiger partial charge in [0, 0.05) is 47.7 Å². The van der Waals surface area contributed by atoms with Gasteiger partial charge in [0.1, 0.15) is 25.7 Å². The number of oxazole rings is 2. The van der Waals surface area contributed by atoms with Gasteiger partial charge in [-0.3, -0.25) is 0 Å². The zero-order valence-corrected chi connectivity index (χ0v) is 38.8. The Morgan fingerprint density at radius 3 is 1.36 bits per heavy atom. The molecule has 3 aromatic carbocycles. The Balaban J connectivity index is 0.000000170. The number of rotatable bonds is 5. The van der Waals surface area contributed by atoms with Crippen LogP contribution in [0.2, 0.25) is 15.1 Å². The Bertz CT molecular complexity index is 2680. The van der Waals surface area contributed by atoms with Crippen molar-refractivity contribution >= 4 is 102 Å². The highest BCUT2D eigenvalue weighted by Gasteiger charge is 2.34. The van der Waals surface area contributed by atoms with Gasteiger partial charge in [0.25, 0.3) is 9.05 Å². The van der Waals surface area contributed by atoms with Gasteiger partial charge in [-0.05, 0) is 62.1 Å². The van der Waals surface area contributed by atoms with Crippen molar-refractivity contribution in [3.05, 3.63) is 63.2 Å². The van der Waals surface area contributed by atoms with Crippen LogP contribution in [0.4, 0.5) is 5.69 Å². The molecule has 2 fully saturated rings. The number of sulfonamides is 2. The van der Waals surface area contributed by atoms with Crippen LogP contribution in [0.3, 0.4) is 0 Å². The highest BCUT2D eigenvalue weighted by Crippen LogP contribution is 2.39. The molecule has 21 heteroatoms. The molecule has 3 N–H and O–H groups in total. The van der Waals surface area contributed by atoms with E-state index in [1.54, 1.807) is 18.2 Å². The van der Waals surface area contributed by atoms with E-state index in [0.717, 1.165) is 38.5 Å². The van der Waals surface area contributed by atoms with Crippen LogP contribution in [0, 0.1) is 0 Å². The first-order valence-electron chi connectivity index (χ1n) is 18.7. The van der Waals surface area contributed by atoms with E-state index in [1.807, 2.05) is 41.5 Å². The Kier molecular flexibility index (Phi) is 14.3. The molecule has 2 aliphatic rings. The Labute approximate surface area is 364 Å². The molecule has 2 saturated heterocycles. The first-order valence-corrected chi connectivity index (χ1v) is 25.0. The molecule has 0 radical (unpaired) electrons. The molecule has 7 rings (SSSR count). The summed E-state index contributed by atoms with van der Waals surface area (Å²) in [4.78, 5) is 8.21. The summed E-state index contributed by atoms with van der Waals surface area (Å²) < 4.78 is 88.1. The maximum atomic E-state index is 13.0. The average molecular weight is 956 g/mol. The van der Waals surface area contributed by atoms with E-state index in [-0.39, 0.29) is 57.4 Å². The molecule has 0 atom stereocenters. The van der Waals surface area contributed by atoms with E-state index in [0.29, 0.717) is 49.0 Å². The zero-order chi connectivity index (χ0) is 43.9. The summed E-state index contributed by atoms with van der Waals surface area (Å²) in [5.41, 5.74) is 6.19. The van der Waals surface area contributed by atoms with Crippen LogP contribution in [0.25, 0.3) is 22.2 Å². The summed E-state index contributed by atoms with van der Waals surface area (Å²) in [6.07, 6.45) is 5.45. The Morgan fingerprint density at radius 2 is 0.949 bits per heavy atom. The molecule has 2 aromatic heterocycles. The number of nitrogens with zero attached hydrogens (tertiary/aromatic N) is 4. The molecule has 4 heterocycles. The minimum Gasteiger partial charge on any atom is -0.504 e. The van der Waals surface area contributed by atoms with Crippen LogP contribution in [0.5, 0.6) is 5.75 Å². The molecule has 0 aliphatic carbocycles. The maximum absolute atomic E-state index is 13.0. The van der Waals surface area contributed by atoms with Crippen molar-refractivity contribution in [2.24, 2.45) is 0 Å². The second kappa shape index (κ2) is 17.8. The fourth-order valence-electron chi connectivity index (χ4n) is 6.27. The van der Waals surface area contributed by atoms with E-state index in [1.165, 1.54) is 26.8 Å². The van der Waals surface area contributed by atoms with Crippen LogP contribution in [-0.4, -0.2) is 75.1 Å². The number of fused-ring (bicyclic) bond motifs is 2. The summed E-state index contributed by atoms with van der Waals surface area (Å²) in [7, 11) is -6.08.